The van der Waals surface area contributed by atoms with Crippen molar-refractivity contribution in [1.29, 1.82) is 0 Å². The smallest absolute Gasteiger partial charge is 0.338 e. The number of rotatable bonds is 6. The second-order valence-electron chi connectivity index (χ2n) is 8.24. The number of nitrogens with one attached hydrogen (secondary N) is 1. The van der Waals surface area contributed by atoms with Crippen LogP contribution in [-0.2, 0) is 19.1 Å². The Morgan fingerprint density at radius 3 is 2.17 bits per heavy atom. The normalized spacial score (nSPS) is 23.6. The second kappa shape index (κ2) is 10.4. The molecule has 4 atom stereocenters. The summed E-state index contributed by atoms with van der Waals surface area (Å²) in [5, 5.41) is 2.23. The Kier molecular flexibility index (Phi) is 7.54. The van der Waals surface area contributed by atoms with Crippen molar-refractivity contribution in [2.75, 3.05) is 23.9 Å². The highest BCUT2D eigenvalue weighted by Gasteiger charge is 2.52. The number of methoxy groups -OCH3 is 1. The Bertz CT molecular complexity index is 1140. The van der Waals surface area contributed by atoms with Gasteiger partial charge in [-0.05, 0) is 55.3 Å². The van der Waals surface area contributed by atoms with E-state index in [1.54, 1.807) is 12.1 Å². The van der Waals surface area contributed by atoms with Crippen molar-refractivity contribution in [2.24, 2.45) is 11.8 Å². The third kappa shape index (κ3) is 5.24. The fraction of sp³-hybridized carbons (Fsp3) is 0.333. The van der Waals surface area contributed by atoms with Crippen molar-refractivity contribution in [3.63, 3.8) is 0 Å². The van der Waals surface area contributed by atoms with Crippen LogP contribution in [-0.4, -0.2) is 48.2 Å². The lowest BCUT2D eigenvalue weighted by Gasteiger charge is -2.28. The van der Waals surface area contributed by atoms with Crippen molar-refractivity contribution in [3.8, 4) is 5.75 Å². The summed E-state index contributed by atoms with van der Waals surface area (Å²) in [6.07, 6.45) is 0.685. The molecule has 1 saturated heterocycles. The second-order valence-corrected chi connectivity index (χ2v) is 9.80. The number of ether oxygens (including phenoxy) is 2. The molecule has 1 heterocycles. The van der Waals surface area contributed by atoms with Gasteiger partial charge in [0, 0.05) is 5.02 Å². The van der Waals surface area contributed by atoms with Crippen LogP contribution >= 0.6 is 34.8 Å². The van der Waals surface area contributed by atoms with Gasteiger partial charge >= 0.3 is 5.97 Å². The molecule has 1 aliphatic heterocycles. The zero-order valence-corrected chi connectivity index (χ0v) is 20.8. The lowest BCUT2D eigenvalue weighted by molar-refractivity contribution is -0.122. The van der Waals surface area contributed by atoms with Gasteiger partial charge in [-0.3, -0.25) is 19.3 Å². The van der Waals surface area contributed by atoms with Gasteiger partial charge in [-0.1, -0.05) is 11.6 Å². The molecule has 3 amide bonds. The van der Waals surface area contributed by atoms with Crippen LogP contribution < -0.4 is 15.0 Å². The SMILES string of the molecule is COc1ccc(Cl)cc1NC(=O)COC(=O)c1ccc(N2C(=O)[C@@H]3C[C@H](Cl)[C@@H](Cl)C[C@H]3C2=O)cc1. The Hall–Kier alpha value is -2.81. The van der Waals surface area contributed by atoms with Gasteiger partial charge in [-0.15, -0.1) is 23.2 Å². The zero-order chi connectivity index (χ0) is 25.3. The molecule has 1 aliphatic carbocycles. The lowest BCUT2D eigenvalue weighted by atomic mass is 9.80. The molecule has 2 aliphatic rings. The van der Waals surface area contributed by atoms with E-state index in [-0.39, 0.29) is 28.1 Å². The zero-order valence-electron chi connectivity index (χ0n) is 18.5. The molecule has 4 rings (SSSR count). The quantitative estimate of drug-likeness (QED) is 0.334. The van der Waals surface area contributed by atoms with Crippen LogP contribution in [0.2, 0.25) is 5.02 Å². The Morgan fingerprint density at radius 2 is 1.60 bits per heavy atom. The molecule has 184 valence electrons. The van der Waals surface area contributed by atoms with Crippen molar-refractivity contribution >= 4 is 69.9 Å². The first-order chi connectivity index (χ1) is 16.7. The van der Waals surface area contributed by atoms with E-state index in [4.69, 9.17) is 44.3 Å². The Morgan fingerprint density at radius 1 is 1.00 bits per heavy atom. The van der Waals surface area contributed by atoms with Crippen LogP contribution in [0, 0.1) is 11.8 Å². The monoisotopic (exact) mass is 538 g/mol. The first-order valence-electron chi connectivity index (χ1n) is 10.8. The van der Waals surface area contributed by atoms with E-state index in [0.717, 1.165) is 4.90 Å². The van der Waals surface area contributed by atoms with Gasteiger partial charge in [0.05, 0.1) is 46.6 Å². The number of nitrogens with zero attached hydrogens (tertiary/aromatic N) is 1. The highest BCUT2D eigenvalue weighted by Crippen LogP contribution is 2.43. The van der Waals surface area contributed by atoms with Gasteiger partial charge in [0.1, 0.15) is 5.75 Å². The van der Waals surface area contributed by atoms with Crippen LogP contribution in [0.3, 0.4) is 0 Å². The van der Waals surface area contributed by atoms with E-state index in [9.17, 15) is 19.2 Å². The maximum absolute atomic E-state index is 12.9. The number of imide groups is 1. The van der Waals surface area contributed by atoms with E-state index in [0.29, 0.717) is 35.0 Å². The van der Waals surface area contributed by atoms with Gasteiger partial charge in [0.25, 0.3) is 5.91 Å². The van der Waals surface area contributed by atoms with Crippen LogP contribution in [0.25, 0.3) is 0 Å². The van der Waals surface area contributed by atoms with E-state index in [2.05, 4.69) is 5.32 Å². The number of amides is 3. The maximum atomic E-state index is 12.9. The van der Waals surface area contributed by atoms with Crippen LogP contribution in [0.1, 0.15) is 23.2 Å². The highest BCUT2D eigenvalue weighted by molar-refractivity contribution is 6.31. The summed E-state index contributed by atoms with van der Waals surface area (Å²) < 4.78 is 10.2. The van der Waals surface area contributed by atoms with Crippen LogP contribution in [0.5, 0.6) is 5.75 Å². The molecule has 0 radical (unpaired) electrons. The molecule has 0 bridgehead atoms. The first-order valence-corrected chi connectivity index (χ1v) is 12.0. The first kappa shape index (κ1) is 25.3. The highest BCUT2D eigenvalue weighted by atomic mass is 35.5. The average molecular weight is 540 g/mol. The molecule has 1 N–H and O–H groups in total. The molecule has 2 aromatic carbocycles. The van der Waals surface area contributed by atoms with Crippen LogP contribution in [0.4, 0.5) is 11.4 Å². The maximum Gasteiger partial charge on any atom is 0.338 e. The van der Waals surface area contributed by atoms with E-state index in [1.807, 2.05) is 0 Å². The summed E-state index contributed by atoms with van der Waals surface area (Å²) in [5.41, 5.74) is 0.834. The van der Waals surface area contributed by atoms with Crippen molar-refractivity contribution < 1.29 is 28.7 Å². The van der Waals surface area contributed by atoms with E-state index >= 15 is 0 Å². The summed E-state index contributed by atoms with van der Waals surface area (Å²) in [5.74, 6) is -2.56. The number of carbonyl (C=O) groups excluding carboxylic acids is 4. The fourth-order valence-electron chi connectivity index (χ4n) is 4.27. The van der Waals surface area contributed by atoms with Crippen molar-refractivity contribution in [2.45, 2.75) is 23.6 Å². The number of carbonyl (C=O) groups is 4. The number of hydrogen-bond donors (Lipinski definition) is 1. The summed E-state index contributed by atoms with van der Waals surface area (Å²) in [7, 11) is 1.45. The minimum Gasteiger partial charge on any atom is -0.495 e. The molecule has 1 saturated carbocycles. The predicted octanol–water partition coefficient (Wildman–Crippen LogP) is 4.26. The predicted molar refractivity (Wildman–Crippen MR) is 131 cm³/mol. The number of alkyl halides is 2. The molecule has 11 heteroatoms. The Balaban J connectivity index is 1.37. The fourth-order valence-corrected chi connectivity index (χ4v) is 5.04. The Labute approximate surface area is 216 Å². The van der Waals surface area contributed by atoms with Gasteiger partial charge in [-0.2, -0.15) is 0 Å². The van der Waals surface area contributed by atoms with Crippen LogP contribution in [0.15, 0.2) is 42.5 Å². The van der Waals surface area contributed by atoms with Crippen molar-refractivity contribution in [3.05, 3.63) is 53.1 Å². The molecule has 2 aromatic rings. The summed E-state index contributed by atoms with van der Waals surface area (Å²) >= 11 is 18.4. The summed E-state index contributed by atoms with van der Waals surface area (Å²) in [4.78, 5) is 51.5. The number of anilines is 2. The van der Waals surface area contributed by atoms with E-state index < -0.39 is 30.3 Å². The molecule has 2 fully saturated rings. The molecule has 0 spiro atoms. The summed E-state index contributed by atoms with van der Waals surface area (Å²) in [6.45, 7) is -0.540. The van der Waals surface area contributed by atoms with Gasteiger partial charge in [0.2, 0.25) is 11.8 Å². The van der Waals surface area contributed by atoms with Gasteiger partial charge < -0.3 is 14.8 Å². The molecular weight excluding hydrogens is 519 g/mol. The number of halogens is 3. The molecule has 35 heavy (non-hydrogen) atoms. The topological polar surface area (TPSA) is 102 Å². The minimum atomic E-state index is -0.743. The average Bonchev–Trinajstić information content (AvgIpc) is 3.07. The number of fused-ring (bicyclic) bond motifs is 1. The lowest BCUT2D eigenvalue weighted by Crippen LogP contribution is -2.34. The third-order valence-corrected chi connectivity index (χ3v) is 7.37. The molecular formula is C24H21Cl3N2O6. The number of hydrogen-bond acceptors (Lipinski definition) is 6. The third-order valence-electron chi connectivity index (χ3n) is 6.04. The standard InChI is InChI=1S/C24H21Cl3N2O6/c1-34-20-7-4-13(25)8-19(20)28-21(30)11-35-24(33)12-2-5-14(6-3-12)29-22(31)15-9-17(26)18(27)10-16(15)23(29)32/h2-8,15-18H,9-11H2,1H3,(H,28,30)/t15-,16-,17+,18+/m1/s1. The summed E-state index contributed by atoms with van der Waals surface area (Å²) in [6, 6.07) is 10.5. The minimum absolute atomic E-state index is 0.153. The molecule has 8 nitrogen and oxygen atoms in total. The number of benzene rings is 2. The van der Waals surface area contributed by atoms with Gasteiger partial charge in [0.15, 0.2) is 6.61 Å². The van der Waals surface area contributed by atoms with Gasteiger partial charge in [-0.25, -0.2) is 4.79 Å². The van der Waals surface area contributed by atoms with Crippen molar-refractivity contribution in [1.82, 2.24) is 0 Å². The molecule has 0 unspecified atom stereocenters. The van der Waals surface area contributed by atoms with E-state index in [1.165, 1.54) is 37.4 Å². The number of esters is 1. The largest absolute Gasteiger partial charge is 0.495 e. The molecule has 0 aromatic heterocycles.